The Kier molecular flexibility index (Phi) is 2.36. The van der Waals surface area contributed by atoms with Gasteiger partial charge in [0.1, 0.15) is 5.56 Å². The van der Waals surface area contributed by atoms with Gasteiger partial charge in [-0.3, -0.25) is 0 Å². The molecule has 0 saturated carbocycles. The van der Waals surface area contributed by atoms with Crippen molar-refractivity contribution in [3.8, 4) is 0 Å². The molecule has 7 heteroatoms. The predicted molar refractivity (Wildman–Crippen MR) is 40.3 cm³/mol. The summed E-state index contributed by atoms with van der Waals surface area (Å²) in [5, 5.41) is 10.2. The third kappa shape index (κ3) is 1.86. The summed E-state index contributed by atoms with van der Waals surface area (Å²) in [5.74, 6) is -0.857. The monoisotopic (exact) mass is 189 g/mol. The third-order valence-corrected chi connectivity index (χ3v) is 1.32. The summed E-state index contributed by atoms with van der Waals surface area (Å²) >= 11 is 0. The van der Waals surface area contributed by atoms with E-state index in [0.717, 1.165) is 12.3 Å². The molecule has 0 aliphatic rings. The van der Waals surface area contributed by atoms with Gasteiger partial charge in [-0.2, -0.15) is 0 Å². The summed E-state index contributed by atoms with van der Waals surface area (Å²) in [6, 6.07) is 0.843. The number of hydrogen-bond donors (Lipinski definition) is 1. The van der Waals surface area contributed by atoms with Gasteiger partial charge in [0.25, 0.3) is 6.43 Å². The van der Waals surface area contributed by atoms with Crippen LogP contribution >= 0.6 is 0 Å². The Hall–Kier alpha value is -1.79. The van der Waals surface area contributed by atoms with Crippen molar-refractivity contribution in [2.24, 2.45) is 0 Å². The largest absolute Gasteiger partial charge is 0.396 e. The molecule has 0 aliphatic heterocycles. The lowest BCUT2D eigenvalue weighted by atomic mass is 10.2. The Morgan fingerprint density at radius 2 is 2.23 bits per heavy atom. The first-order valence-corrected chi connectivity index (χ1v) is 3.20. The highest BCUT2D eigenvalue weighted by atomic mass is 19.3. The number of pyridine rings is 1. The standard InChI is InChI=1S/C6H5F2N3O2/c7-5(8)4-1-3(9)2-10-6(4)11(12)13/h1-2,5H,9H2. The molecule has 0 spiro atoms. The minimum Gasteiger partial charge on any atom is -0.396 e. The number of nitro groups is 1. The molecule has 70 valence electrons. The maximum Gasteiger partial charge on any atom is 0.372 e. The normalized spacial score (nSPS) is 10.4. The highest BCUT2D eigenvalue weighted by Crippen LogP contribution is 2.27. The number of nitrogens with zero attached hydrogens (tertiary/aromatic N) is 2. The van der Waals surface area contributed by atoms with Crippen LogP contribution in [0.4, 0.5) is 20.3 Å². The molecule has 5 nitrogen and oxygen atoms in total. The second-order valence-corrected chi connectivity index (χ2v) is 2.24. The minimum atomic E-state index is -2.95. The minimum absolute atomic E-state index is 0.0269. The summed E-state index contributed by atoms with van der Waals surface area (Å²) in [7, 11) is 0. The second kappa shape index (κ2) is 3.30. The first-order valence-electron chi connectivity index (χ1n) is 3.20. The number of rotatable bonds is 2. The molecule has 0 radical (unpaired) electrons. The molecule has 0 aliphatic carbocycles. The quantitative estimate of drug-likeness (QED) is 0.564. The van der Waals surface area contributed by atoms with Gasteiger partial charge in [-0.05, 0) is 16.0 Å². The lowest BCUT2D eigenvalue weighted by Crippen LogP contribution is -2.00. The van der Waals surface area contributed by atoms with E-state index in [0.29, 0.717) is 0 Å². The summed E-state index contributed by atoms with van der Waals surface area (Å²) in [4.78, 5) is 12.4. The Morgan fingerprint density at radius 3 is 2.69 bits per heavy atom. The molecule has 0 unspecified atom stereocenters. The van der Waals surface area contributed by atoms with Crippen LogP contribution in [0, 0.1) is 10.1 Å². The second-order valence-electron chi connectivity index (χ2n) is 2.24. The van der Waals surface area contributed by atoms with Gasteiger partial charge in [0.05, 0.1) is 5.69 Å². The fourth-order valence-electron chi connectivity index (χ4n) is 0.805. The molecule has 1 heterocycles. The van der Waals surface area contributed by atoms with Crippen LogP contribution in [0.15, 0.2) is 12.3 Å². The van der Waals surface area contributed by atoms with Crippen LogP contribution in [0.1, 0.15) is 12.0 Å². The van der Waals surface area contributed by atoms with Gasteiger partial charge in [-0.1, -0.05) is 0 Å². The molecule has 1 aromatic heterocycles. The predicted octanol–water partition coefficient (Wildman–Crippen LogP) is 1.51. The molecular weight excluding hydrogens is 184 g/mol. The van der Waals surface area contributed by atoms with Crippen molar-refractivity contribution in [3.63, 3.8) is 0 Å². The van der Waals surface area contributed by atoms with E-state index in [1.807, 2.05) is 0 Å². The Bertz CT molecular complexity index is 343. The molecule has 13 heavy (non-hydrogen) atoms. The molecule has 1 rings (SSSR count). The number of anilines is 1. The molecule has 0 amide bonds. The fourth-order valence-corrected chi connectivity index (χ4v) is 0.805. The number of nitrogens with two attached hydrogens (primary N) is 1. The van der Waals surface area contributed by atoms with Crippen LogP contribution in [0.3, 0.4) is 0 Å². The van der Waals surface area contributed by atoms with Crippen molar-refractivity contribution in [1.29, 1.82) is 0 Å². The molecular formula is C6H5F2N3O2. The zero-order chi connectivity index (χ0) is 10.0. The number of nitrogen functional groups attached to an aromatic ring is 1. The molecule has 0 bridgehead atoms. The lowest BCUT2D eigenvalue weighted by molar-refractivity contribution is -0.391. The smallest absolute Gasteiger partial charge is 0.372 e. The zero-order valence-electron chi connectivity index (χ0n) is 6.28. The Morgan fingerprint density at radius 1 is 1.62 bits per heavy atom. The SMILES string of the molecule is Nc1cnc([N+](=O)[O-])c(C(F)F)c1. The molecule has 1 aromatic rings. The maximum atomic E-state index is 12.2. The van der Waals surface area contributed by atoms with E-state index in [-0.39, 0.29) is 5.69 Å². The number of aromatic nitrogens is 1. The zero-order valence-corrected chi connectivity index (χ0v) is 6.28. The lowest BCUT2D eigenvalue weighted by Gasteiger charge is -2.00. The van der Waals surface area contributed by atoms with E-state index >= 15 is 0 Å². The first kappa shape index (κ1) is 9.30. The highest BCUT2D eigenvalue weighted by molar-refractivity contribution is 5.45. The molecule has 2 N–H and O–H groups in total. The van der Waals surface area contributed by atoms with Crippen molar-refractivity contribution in [1.82, 2.24) is 4.98 Å². The van der Waals surface area contributed by atoms with E-state index in [1.165, 1.54) is 0 Å². The van der Waals surface area contributed by atoms with Gasteiger partial charge in [-0.15, -0.1) is 0 Å². The van der Waals surface area contributed by atoms with Crippen LogP contribution in [-0.4, -0.2) is 9.91 Å². The summed E-state index contributed by atoms with van der Waals surface area (Å²) < 4.78 is 24.3. The van der Waals surface area contributed by atoms with Gasteiger partial charge >= 0.3 is 5.82 Å². The summed E-state index contributed by atoms with van der Waals surface area (Å²) in [6.07, 6.45) is -1.99. The topological polar surface area (TPSA) is 82.0 Å². The Labute approximate surface area is 71.3 Å². The average Bonchev–Trinajstić information content (AvgIpc) is 2.03. The molecule has 0 atom stereocenters. The molecule has 0 fully saturated rings. The van der Waals surface area contributed by atoms with Gasteiger partial charge < -0.3 is 15.8 Å². The van der Waals surface area contributed by atoms with Crippen LogP contribution < -0.4 is 5.73 Å². The summed E-state index contributed by atoms with van der Waals surface area (Å²) in [5.41, 5.74) is 4.36. The van der Waals surface area contributed by atoms with Crippen molar-refractivity contribution in [3.05, 3.63) is 27.9 Å². The third-order valence-electron chi connectivity index (χ3n) is 1.32. The number of halogens is 2. The molecule has 0 aromatic carbocycles. The van der Waals surface area contributed by atoms with Crippen molar-refractivity contribution >= 4 is 11.5 Å². The number of hydrogen-bond acceptors (Lipinski definition) is 4. The van der Waals surface area contributed by atoms with Crippen molar-refractivity contribution in [2.45, 2.75) is 6.43 Å². The van der Waals surface area contributed by atoms with Gasteiger partial charge in [0.15, 0.2) is 6.20 Å². The Balaban J connectivity index is 3.26. The van der Waals surface area contributed by atoms with E-state index in [1.54, 1.807) is 0 Å². The van der Waals surface area contributed by atoms with Crippen LogP contribution in [0.5, 0.6) is 0 Å². The fraction of sp³-hybridized carbons (Fsp3) is 0.167. The van der Waals surface area contributed by atoms with E-state index in [9.17, 15) is 18.9 Å². The molecule has 0 saturated heterocycles. The van der Waals surface area contributed by atoms with Crippen LogP contribution in [0.25, 0.3) is 0 Å². The maximum absolute atomic E-state index is 12.2. The van der Waals surface area contributed by atoms with E-state index < -0.39 is 22.7 Å². The van der Waals surface area contributed by atoms with Gasteiger partial charge in [0, 0.05) is 0 Å². The van der Waals surface area contributed by atoms with Crippen LogP contribution in [0.2, 0.25) is 0 Å². The van der Waals surface area contributed by atoms with Gasteiger partial charge in [0.2, 0.25) is 0 Å². The van der Waals surface area contributed by atoms with Crippen LogP contribution in [-0.2, 0) is 0 Å². The van der Waals surface area contributed by atoms with Crippen molar-refractivity contribution < 1.29 is 13.7 Å². The van der Waals surface area contributed by atoms with E-state index in [4.69, 9.17) is 5.73 Å². The number of alkyl halides is 2. The highest BCUT2D eigenvalue weighted by Gasteiger charge is 2.22. The summed E-state index contributed by atoms with van der Waals surface area (Å²) in [6.45, 7) is 0. The van der Waals surface area contributed by atoms with Gasteiger partial charge in [-0.25, -0.2) is 8.78 Å². The van der Waals surface area contributed by atoms with E-state index in [2.05, 4.69) is 4.98 Å². The average molecular weight is 189 g/mol. The van der Waals surface area contributed by atoms with Crippen molar-refractivity contribution in [2.75, 3.05) is 5.73 Å². The first-order chi connectivity index (χ1) is 6.02.